The van der Waals surface area contributed by atoms with E-state index in [9.17, 15) is 4.79 Å². The zero-order valence-corrected chi connectivity index (χ0v) is 18.5. The zero-order valence-electron chi connectivity index (χ0n) is 17.7. The molecule has 0 aliphatic rings. The van der Waals surface area contributed by atoms with Crippen LogP contribution in [-0.4, -0.2) is 27.8 Å². The molecule has 0 bridgehead atoms. The Morgan fingerprint density at radius 2 is 1.77 bits per heavy atom. The van der Waals surface area contributed by atoms with E-state index in [2.05, 4.69) is 16.8 Å². The van der Waals surface area contributed by atoms with Gasteiger partial charge in [0.05, 0.1) is 23.3 Å². The van der Waals surface area contributed by atoms with E-state index < -0.39 is 0 Å². The van der Waals surface area contributed by atoms with Gasteiger partial charge in [-0.2, -0.15) is 0 Å². The quantitative estimate of drug-likeness (QED) is 0.376. The number of anilines is 1. The highest BCUT2D eigenvalue weighted by atomic mass is 32.2. The summed E-state index contributed by atoms with van der Waals surface area (Å²) in [6.07, 6.45) is 0. The number of benzene rings is 3. The van der Waals surface area contributed by atoms with Gasteiger partial charge >= 0.3 is 0 Å². The molecule has 1 heterocycles. The number of aryl methyl sites for hydroxylation is 2. The van der Waals surface area contributed by atoms with Crippen LogP contribution in [-0.2, 0) is 11.3 Å². The first-order chi connectivity index (χ1) is 15.1. The van der Waals surface area contributed by atoms with Gasteiger partial charge in [-0.3, -0.25) is 4.79 Å². The lowest BCUT2D eigenvalue weighted by molar-refractivity contribution is -0.113. The van der Waals surface area contributed by atoms with Crippen molar-refractivity contribution in [1.29, 1.82) is 0 Å². The highest BCUT2D eigenvalue weighted by Crippen LogP contribution is 2.24. The number of aromatic nitrogens is 2. The van der Waals surface area contributed by atoms with E-state index >= 15 is 0 Å². The summed E-state index contributed by atoms with van der Waals surface area (Å²) in [5.74, 6) is 1.08. The maximum atomic E-state index is 12.5. The Bertz CT molecular complexity index is 1190. The number of nitrogens with zero attached hydrogens (tertiary/aromatic N) is 2. The normalized spacial score (nSPS) is 10.9. The number of thioether (sulfide) groups is 1. The molecule has 0 aliphatic carbocycles. The van der Waals surface area contributed by atoms with E-state index in [1.54, 1.807) is 0 Å². The minimum Gasteiger partial charge on any atom is -0.492 e. The SMILES string of the molecule is Cc1ccc(NC(=O)CSc2nc3ccccc3n2CCOc2ccccc2)cc1C. The van der Waals surface area contributed by atoms with E-state index in [0.29, 0.717) is 13.2 Å². The van der Waals surface area contributed by atoms with Gasteiger partial charge in [0, 0.05) is 5.69 Å². The smallest absolute Gasteiger partial charge is 0.234 e. The first kappa shape index (κ1) is 21.0. The van der Waals surface area contributed by atoms with Gasteiger partial charge in [0.25, 0.3) is 0 Å². The Labute approximate surface area is 186 Å². The Morgan fingerprint density at radius 3 is 2.58 bits per heavy atom. The number of nitrogens with one attached hydrogen (secondary N) is 1. The van der Waals surface area contributed by atoms with Crippen LogP contribution in [0.25, 0.3) is 11.0 Å². The third-order valence-electron chi connectivity index (χ3n) is 5.07. The number of imidazole rings is 1. The monoisotopic (exact) mass is 431 g/mol. The third kappa shape index (κ3) is 5.27. The van der Waals surface area contributed by atoms with Crippen LogP contribution in [0.2, 0.25) is 0 Å². The van der Waals surface area contributed by atoms with Gasteiger partial charge in [0.15, 0.2) is 5.16 Å². The highest BCUT2D eigenvalue weighted by Gasteiger charge is 2.13. The van der Waals surface area contributed by atoms with E-state index in [0.717, 1.165) is 33.2 Å². The van der Waals surface area contributed by atoms with Crippen molar-refractivity contribution < 1.29 is 9.53 Å². The first-order valence-corrected chi connectivity index (χ1v) is 11.2. The van der Waals surface area contributed by atoms with Crippen molar-refractivity contribution >= 4 is 34.4 Å². The van der Waals surface area contributed by atoms with Crippen molar-refractivity contribution in [3.63, 3.8) is 0 Å². The van der Waals surface area contributed by atoms with Crippen LogP contribution in [0.15, 0.2) is 78.0 Å². The number of fused-ring (bicyclic) bond motifs is 1. The number of amides is 1. The fraction of sp³-hybridized carbons (Fsp3) is 0.200. The number of carbonyl (C=O) groups is 1. The molecule has 1 N–H and O–H groups in total. The van der Waals surface area contributed by atoms with Gasteiger partial charge in [-0.15, -0.1) is 0 Å². The number of carbonyl (C=O) groups excluding carboxylic acids is 1. The predicted octanol–water partition coefficient (Wildman–Crippen LogP) is 5.46. The van der Waals surface area contributed by atoms with Crippen LogP contribution in [0.4, 0.5) is 5.69 Å². The molecule has 0 fully saturated rings. The number of hydrogen-bond acceptors (Lipinski definition) is 4. The molecule has 5 nitrogen and oxygen atoms in total. The van der Waals surface area contributed by atoms with E-state index in [1.807, 2.05) is 79.7 Å². The maximum Gasteiger partial charge on any atom is 0.234 e. The molecular formula is C25H25N3O2S. The van der Waals surface area contributed by atoms with Crippen LogP contribution >= 0.6 is 11.8 Å². The molecule has 3 aromatic carbocycles. The number of hydrogen-bond donors (Lipinski definition) is 1. The van der Waals surface area contributed by atoms with Gasteiger partial charge in [0.1, 0.15) is 12.4 Å². The average Bonchev–Trinajstić information content (AvgIpc) is 3.13. The molecule has 0 saturated heterocycles. The van der Waals surface area contributed by atoms with Crippen LogP contribution in [0.5, 0.6) is 5.75 Å². The van der Waals surface area contributed by atoms with E-state index in [-0.39, 0.29) is 11.7 Å². The second-order valence-electron chi connectivity index (χ2n) is 7.33. The van der Waals surface area contributed by atoms with Crippen molar-refractivity contribution in [2.45, 2.75) is 25.5 Å². The minimum atomic E-state index is -0.0487. The molecule has 0 saturated carbocycles. The second kappa shape index (κ2) is 9.71. The number of para-hydroxylation sites is 3. The summed E-state index contributed by atoms with van der Waals surface area (Å²) < 4.78 is 7.99. The molecule has 31 heavy (non-hydrogen) atoms. The zero-order chi connectivity index (χ0) is 21.6. The summed E-state index contributed by atoms with van der Waals surface area (Å²) in [5, 5.41) is 3.79. The van der Waals surface area contributed by atoms with Crippen LogP contribution < -0.4 is 10.1 Å². The first-order valence-electron chi connectivity index (χ1n) is 10.2. The summed E-state index contributed by atoms with van der Waals surface area (Å²) in [7, 11) is 0. The largest absolute Gasteiger partial charge is 0.492 e. The van der Waals surface area contributed by atoms with Crippen molar-refractivity contribution in [1.82, 2.24) is 9.55 Å². The minimum absolute atomic E-state index is 0.0487. The van der Waals surface area contributed by atoms with E-state index in [1.165, 1.54) is 17.3 Å². The fourth-order valence-electron chi connectivity index (χ4n) is 3.30. The molecule has 4 rings (SSSR count). The Balaban J connectivity index is 1.43. The van der Waals surface area contributed by atoms with E-state index in [4.69, 9.17) is 9.72 Å². The fourth-order valence-corrected chi connectivity index (χ4v) is 4.14. The summed E-state index contributed by atoms with van der Waals surface area (Å²) >= 11 is 1.44. The molecule has 0 radical (unpaired) electrons. The molecule has 0 spiro atoms. The molecule has 0 atom stereocenters. The van der Waals surface area contributed by atoms with Gasteiger partial charge in [-0.1, -0.05) is 48.2 Å². The van der Waals surface area contributed by atoms with Crippen LogP contribution in [0.1, 0.15) is 11.1 Å². The number of ether oxygens (including phenoxy) is 1. The Kier molecular flexibility index (Phi) is 6.57. The standard InChI is InChI=1S/C25H25N3O2S/c1-18-12-13-20(16-19(18)2)26-24(29)17-31-25-27-22-10-6-7-11-23(22)28(25)14-15-30-21-8-4-3-5-9-21/h3-13,16H,14-15,17H2,1-2H3,(H,26,29). The Morgan fingerprint density at radius 1 is 1.00 bits per heavy atom. The third-order valence-corrected chi connectivity index (χ3v) is 6.05. The molecule has 1 amide bonds. The Hall–Kier alpha value is -3.25. The second-order valence-corrected chi connectivity index (χ2v) is 8.27. The van der Waals surface area contributed by atoms with Gasteiger partial charge < -0.3 is 14.6 Å². The molecule has 158 valence electrons. The van der Waals surface area contributed by atoms with Crippen molar-refractivity contribution in [2.75, 3.05) is 17.7 Å². The molecule has 0 unspecified atom stereocenters. The molecule has 6 heteroatoms. The van der Waals surface area contributed by atoms with Crippen molar-refractivity contribution in [2.24, 2.45) is 0 Å². The lowest BCUT2D eigenvalue weighted by atomic mass is 10.1. The summed E-state index contributed by atoms with van der Waals surface area (Å²) in [6, 6.07) is 23.7. The topological polar surface area (TPSA) is 56.2 Å². The average molecular weight is 432 g/mol. The number of rotatable bonds is 8. The highest BCUT2D eigenvalue weighted by molar-refractivity contribution is 7.99. The summed E-state index contributed by atoms with van der Waals surface area (Å²) in [5.41, 5.74) is 5.14. The van der Waals surface area contributed by atoms with Crippen molar-refractivity contribution in [3.8, 4) is 5.75 Å². The van der Waals surface area contributed by atoms with Gasteiger partial charge in [0.2, 0.25) is 5.91 Å². The van der Waals surface area contributed by atoms with Crippen LogP contribution in [0.3, 0.4) is 0 Å². The van der Waals surface area contributed by atoms with Crippen molar-refractivity contribution in [3.05, 3.63) is 83.9 Å². The van der Waals surface area contributed by atoms with Crippen LogP contribution in [0, 0.1) is 13.8 Å². The predicted molar refractivity (Wildman–Crippen MR) is 127 cm³/mol. The maximum absolute atomic E-state index is 12.5. The summed E-state index contributed by atoms with van der Waals surface area (Å²) in [4.78, 5) is 17.2. The molecule has 1 aromatic heterocycles. The lowest BCUT2D eigenvalue weighted by Crippen LogP contribution is -2.15. The summed E-state index contributed by atoms with van der Waals surface area (Å²) in [6.45, 7) is 5.27. The van der Waals surface area contributed by atoms with Gasteiger partial charge in [-0.25, -0.2) is 4.98 Å². The molecular weight excluding hydrogens is 406 g/mol. The lowest BCUT2D eigenvalue weighted by Gasteiger charge is -2.11. The molecule has 4 aromatic rings. The van der Waals surface area contributed by atoms with Gasteiger partial charge in [-0.05, 0) is 61.4 Å². The molecule has 0 aliphatic heterocycles.